The summed E-state index contributed by atoms with van der Waals surface area (Å²) >= 11 is 7.82. The van der Waals surface area contributed by atoms with E-state index in [-0.39, 0.29) is 68.4 Å². The van der Waals surface area contributed by atoms with Crippen molar-refractivity contribution >= 4 is 58.5 Å². The van der Waals surface area contributed by atoms with Crippen LogP contribution in [-0.2, 0) is 40.9 Å². The van der Waals surface area contributed by atoms with Crippen molar-refractivity contribution in [1.82, 2.24) is 51.2 Å². The fraction of sp³-hybridized carbons (Fsp3) is 0.543. The Balaban J connectivity index is 0.759. The summed E-state index contributed by atoms with van der Waals surface area (Å²) in [6.45, 7) is 1.27. The molecule has 282 valence electrons. The second kappa shape index (κ2) is 16.2. The standard InChI is InChI=1S/C35H44ClN11O5S/c1-46-27(12-19-2-3-19)24(15-42-46)30-25(36)16-40-34(45-30)43-22-6-4-21(5-7-22)39-17-29(49)37-10-11-38-35(52)41-14-23-13-20-18-47(33(51)31(20)53-23)26-8-9-28(48)44-32(26)50/h13,15-16,19,21-22,26,39H,2-12,14,17-18H2,1H3,(H,37,49)(H2,38,41,52)(H,40,43,45)(H,44,48,50)/t21-,22-,26?. The van der Waals surface area contributed by atoms with Crippen molar-refractivity contribution in [2.45, 2.75) is 89.0 Å². The topological polar surface area (TPSA) is 204 Å². The van der Waals surface area contributed by atoms with Gasteiger partial charge in [-0.05, 0) is 68.9 Å². The molecule has 18 heteroatoms. The van der Waals surface area contributed by atoms with Crippen molar-refractivity contribution in [2.24, 2.45) is 13.0 Å². The summed E-state index contributed by atoms with van der Waals surface area (Å²) < 4.78 is 1.91. The summed E-state index contributed by atoms with van der Waals surface area (Å²) in [7, 11) is 1.96. The van der Waals surface area contributed by atoms with Crippen LogP contribution in [-0.4, -0.2) is 92.1 Å². The largest absolute Gasteiger partial charge is 0.353 e. The van der Waals surface area contributed by atoms with Gasteiger partial charge in [0, 0.05) is 61.3 Å². The molecule has 5 heterocycles. The van der Waals surface area contributed by atoms with Crippen molar-refractivity contribution in [3.05, 3.63) is 44.5 Å². The Morgan fingerprint density at radius 3 is 2.53 bits per heavy atom. The first-order valence-electron chi connectivity index (χ1n) is 18.2. The Morgan fingerprint density at radius 1 is 1.00 bits per heavy atom. The number of rotatable bonds is 14. The van der Waals surface area contributed by atoms with Crippen LogP contribution in [0.4, 0.5) is 10.7 Å². The first kappa shape index (κ1) is 36.7. The number of aryl methyl sites for hydroxylation is 1. The van der Waals surface area contributed by atoms with E-state index in [2.05, 4.69) is 42.0 Å². The Morgan fingerprint density at radius 2 is 1.77 bits per heavy atom. The minimum Gasteiger partial charge on any atom is -0.353 e. The van der Waals surface area contributed by atoms with Crippen LogP contribution >= 0.6 is 22.9 Å². The molecule has 7 rings (SSSR count). The second-order valence-electron chi connectivity index (χ2n) is 14.2. The Labute approximate surface area is 315 Å². The van der Waals surface area contributed by atoms with Gasteiger partial charge in [0.25, 0.3) is 5.91 Å². The zero-order valence-corrected chi connectivity index (χ0v) is 31.1. The van der Waals surface area contributed by atoms with E-state index in [9.17, 15) is 24.0 Å². The van der Waals surface area contributed by atoms with Crippen LogP contribution < -0.4 is 31.9 Å². The fourth-order valence-corrected chi connectivity index (χ4v) is 8.40. The molecule has 3 fully saturated rings. The van der Waals surface area contributed by atoms with Gasteiger partial charge in [-0.2, -0.15) is 5.10 Å². The van der Waals surface area contributed by atoms with Gasteiger partial charge in [0.1, 0.15) is 6.04 Å². The number of hydrogen-bond donors (Lipinski definition) is 6. The van der Waals surface area contributed by atoms with E-state index in [0.717, 1.165) is 53.8 Å². The zero-order valence-electron chi connectivity index (χ0n) is 29.5. The zero-order chi connectivity index (χ0) is 37.1. The quantitative estimate of drug-likeness (QED) is 0.104. The average molecular weight is 766 g/mol. The molecule has 0 radical (unpaired) electrons. The summed E-state index contributed by atoms with van der Waals surface area (Å²) in [6.07, 6.45) is 11.1. The van der Waals surface area contributed by atoms with Gasteiger partial charge < -0.3 is 31.5 Å². The number of imide groups is 1. The predicted octanol–water partition coefficient (Wildman–Crippen LogP) is 2.23. The molecule has 6 N–H and O–H groups in total. The third-order valence-electron chi connectivity index (χ3n) is 10.2. The summed E-state index contributed by atoms with van der Waals surface area (Å²) in [5, 5.41) is 22.4. The molecule has 6 amide bonds. The van der Waals surface area contributed by atoms with E-state index in [1.54, 1.807) is 6.20 Å². The van der Waals surface area contributed by atoms with Crippen LogP contribution in [0.3, 0.4) is 0 Å². The molecule has 1 atom stereocenters. The predicted molar refractivity (Wildman–Crippen MR) is 197 cm³/mol. The van der Waals surface area contributed by atoms with E-state index in [4.69, 9.17) is 16.6 Å². The number of carbonyl (C=O) groups is 5. The summed E-state index contributed by atoms with van der Waals surface area (Å²) in [6, 6.07) is 1.26. The smallest absolute Gasteiger partial charge is 0.315 e. The normalized spacial score (nSPS) is 21.3. The summed E-state index contributed by atoms with van der Waals surface area (Å²) in [4.78, 5) is 73.5. The van der Waals surface area contributed by atoms with Crippen LogP contribution in [0.1, 0.15) is 77.2 Å². The molecular formula is C35H44ClN11O5S. The van der Waals surface area contributed by atoms with Gasteiger partial charge in [0.15, 0.2) is 0 Å². The third-order valence-corrected chi connectivity index (χ3v) is 11.7. The van der Waals surface area contributed by atoms with Crippen LogP contribution in [0.2, 0.25) is 5.02 Å². The number of nitrogens with zero attached hydrogens (tertiary/aromatic N) is 5. The monoisotopic (exact) mass is 765 g/mol. The Bertz CT molecular complexity index is 1890. The minimum atomic E-state index is -0.651. The van der Waals surface area contributed by atoms with E-state index in [0.29, 0.717) is 40.4 Å². The second-order valence-corrected chi connectivity index (χ2v) is 15.7. The minimum absolute atomic E-state index is 0.143. The number of carbonyl (C=O) groups excluding carboxylic acids is 5. The number of urea groups is 1. The number of fused-ring (bicyclic) bond motifs is 1. The summed E-state index contributed by atoms with van der Waals surface area (Å²) in [5.41, 5.74) is 3.62. The van der Waals surface area contributed by atoms with Crippen molar-refractivity contribution in [1.29, 1.82) is 0 Å². The van der Waals surface area contributed by atoms with E-state index >= 15 is 0 Å². The van der Waals surface area contributed by atoms with Gasteiger partial charge >= 0.3 is 6.03 Å². The van der Waals surface area contributed by atoms with Gasteiger partial charge in [-0.25, -0.2) is 14.8 Å². The molecule has 2 saturated carbocycles. The first-order valence-corrected chi connectivity index (χ1v) is 19.4. The molecular weight excluding hydrogens is 722 g/mol. The maximum Gasteiger partial charge on any atom is 0.315 e. The Kier molecular flexibility index (Phi) is 11.2. The number of piperidine rings is 1. The molecule has 0 bridgehead atoms. The number of amides is 6. The molecule has 2 aliphatic heterocycles. The highest BCUT2D eigenvalue weighted by Gasteiger charge is 2.40. The number of anilines is 1. The van der Waals surface area contributed by atoms with E-state index in [1.165, 1.54) is 29.1 Å². The highest BCUT2D eigenvalue weighted by molar-refractivity contribution is 7.14. The molecule has 53 heavy (non-hydrogen) atoms. The van der Waals surface area contributed by atoms with Crippen LogP contribution in [0.5, 0.6) is 0 Å². The van der Waals surface area contributed by atoms with Gasteiger partial charge in [-0.15, -0.1) is 11.3 Å². The molecule has 3 aromatic rings. The molecule has 16 nitrogen and oxygen atoms in total. The van der Waals surface area contributed by atoms with Crippen molar-refractivity contribution in [3.8, 4) is 11.3 Å². The van der Waals surface area contributed by atoms with Gasteiger partial charge in [-0.1, -0.05) is 11.6 Å². The van der Waals surface area contributed by atoms with Crippen LogP contribution in [0.15, 0.2) is 18.5 Å². The lowest BCUT2D eigenvalue weighted by Crippen LogP contribution is -2.52. The lowest BCUT2D eigenvalue weighted by Gasteiger charge is -2.29. The Hall–Kier alpha value is -4.61. The maximum atomic E-state index is 12.9. The van der Waals surface area contributed by atoms with E-state index < -0.39 is 11.9 Å². The van der Waals surface area contributed by atoms with Gasteiger partial charge in [-0.3, -0.25) is 29.2 Å². The van der Waals surface area contributed by atoms with E-state index in [1.807, 2.05) is 24.0 Å². The van der Waals surface area contributed by atoms with Crippen molar-refractivity contribution < 1.29 is 24.0 Å². The number of nitrogens with one attached hydrogen (secondary N) is 6. The lowest BCUT2D eigenvalue weighted by molar-refractivity contribution is -0.137. The fourth-order valence-electron chi connectivity index (χ4n) is 7.14. The third kappa shape index (κ3) is 8.96. The lowest BCUT2D eigenvalue weighted by atomic mass is 9.91. The molecule has 0 aromatic carbocycles. The highest BCUT2D eigenvalue weighted by Crippen LogP contribution is 2.37. The number of halogens is 1. The van der Waals surface area contributed by atoms with Crippen molar-refractivity contribution in [3.63, 3.8) is 0 Å². The van der Waals surface area contributed by atoms with Crippen molar-refractivity contribution in [2.75, 3.05) is 25.0 Å². The molecule has 4 aliphatic rings. The average Bonchev–Trinajstić information content (AvgIpc) is 3.66. The van der Waals surface area contributed by atoms with Gasteiger partial charge in [0.2, 0.25) is 23.7 Å². The maximum absolute atomic E-state index is 12.9. The number of aromatic nitrogens is 4. The number of thiophene rings is 1. The van der Waals surface area contributed by atoms with Crippen LogP contribution in [0, 0.1) is 5.92 Å². The molecule has 1 saturated heterocycles. The van der Waals surface area contributed by atoms with Crippen LogP contribution in [0.25, 0.3) is 11.3 Å². The molecule has 1 unspecified atom stereocenters. The number of hydrogen-bond acceptors (Lipinski definition) is 11. The highest BCUT2D eigenvalue weighted by atomic mass is 35.5. The SMILES string of the molecule is Cn1ncc(-c2nc(N[C@H]3CC[C@H](NCC(=O)NCCNC(=O)NCc4cc5c(s4)C(=O)N(C4CCC(=O)NC4=O)C5)CC3)ncc2Cl)c1CC1CC1. The summed E-state index contributed by atoms with van der Waals surface area (Å²) in [5.74, 6) is 0.118. The molecule has 0 spiro atoms. The van der Waals surface area contributed by atoms with Gasteiger partial charge in [0.05, 0.1) is 41.1 Å². The first-order chi connectivity index (χ1) is 25.6. The molecule has 3 aromatic heterocycles. The molecule has 2 aliphatic carbocycles.